The van der Waals surface area contributed by atoms with Crippen molar-refractivity contribution in [3.8, 4) is 0 Å². The van der Waals surface area contributed by atoms with Crippen LogP contribution in [0.1, 0.15) is 27.7 Å². The standard InChI is InChI=1S/C10H22O2Si/c1-6-9-13(10(4)5,11-7-2)12-8-3/h6,10H,1,7-9H2,2-5H3. The molecule has 0 spiro atoms. The first kappa shape index (κ1) is 12.9. The minimum Gasteiger partial charge on any atom is -0.394 e. The van der Waals surface area contributed by atoms with E-state index in [1.807, 2.05) is 19.9 Å². The van der Waals surface area contributed by atoms with Crippen molar-refractivity contribution in [1.29, 1.82) is 0 Å². The molecule has 0 aromatic rings. The molecule has 0 saturated carbocycles. The SMILES string of the molecule is C=CC[Si](OCC)(OCC)C(C)C. The highest BCUT2D eigenvalue weighted by Crippen LogP contribution is 2.27. The zero-order valence-corrected chi connectivity index (χ0v) is 10.3. The topological polar surface area (TPSA) is 18.5 Å². The summed E-state index contributed by atoms with van der Waals surface area (Å²) < 4.78 is 11.6. The molecule has 0 amide bonds. The van der Waals surface area contributed by atoms with E-state index >= 15 is 0 Å². The molecular formula is C10H22O2Si. The van der Waals surface area contributed by atoms with E-state index in [0.29, 0.717) is 5.54 Å². The van der Waals surface area contributed by atoms with Crippen LogP contribution < -0.4 is 0 Å². The van der Waals surface area contributed by atoms with Gasteiger partial charge in [-0.2, -0.15) is 0 Å². The van der Waals surface area contributed by atoms with Crippen molar-refractivity contribution in [3.63, 3.8) is 0 Å². The van der Waals surface area contributed by atoms with Crippen molar-refractivity contribution in [2.45, 2.75) is 39.3 Å². The molecule has 0 heterocycles. The summed E-state index contributed by atoms with van der Waals surface area (Å²) in [6.07, 6.45) is 1.91. The minimum absolute atomic E-state index is 0.477. The van der Waals surface area contributed by atoms with Crippen molar-refractivity contribution in [3.05, 3.63) is 12.7 Å². The van der Waals surface area contributed by atoms with E-state index in [-0.39, 0.29) is 0 Å². The van der Waals surface area contributed by atoms with Crippen LogP contribution in [0.4, 0.5) is 0 Å². The van der Waals surface area contributed by atoms with Gasteiger partial charge in [-0.3, -0.25) is 0 Å². The zero-order chi connectivity index (χ0) is 10.3. The summed E-state index contributed by atoms with van der Waals surface area (Å²) in [6.45, 7) is 13.6. The van der Waals surface area contributed by atoms with Crippen molar-refractivity contribution in [2.24, 2.45) is 0 Å². The summed E-state index contributed by atoms with van der Waals surface area (Å²) in [5.41, 5.74) is 0.477. The Kier molecular flexibility index (Phi) is 6.29. The van der Waals surface area contributed by atoms with E-state index in [1.54, 1.807) is 0 Å². The summed E-state index contributed by atoms with van der Waals surface area (Å²) >= 11 is 0. The lowest BCUT2D eigenvalue weighted by atomic mass is 10.6. The molecule has 0 atom stereocenters. The summed E-state index contributed by atoms with van der Waals surface area (Å²) in [5, 5.41) is 0. The molecule has 0 aromatic heterocycles. The Morgan fingerprint density at radius 3 is 1.92 bits per heavy atom. The van der Waals surface area contributed by atoms with E-state index in [9.17, 15) is 0 Å². The van der Waals surface area contributed by atoms with Crippen LogP contribution >= 0.6 is 0 Å². The molecule has 0 bridgehead atoms. The van der Waals surface area contributed by atoms with Crippen LogP contribution in [0.25, 0.3) is 0 Å². The summed E-state index contributed by atoms with van der Waals surface area (Å²) in [4.78, 5) is 0. The largest absolute Gasteiger partial charge is 0.394 e. The lowest BCUT2D eigenvalue weighted by molar-refractivity contribution is 0.178. The second kappa shape index (κ2) is 6.35. The molecule has 0 unspecified atom stereocenters. The molecule has 0 aliphatic heterocycles. The normalized spacial score (nSPS) is 12.1. The third-order valence-electron chi connectivity index (χ3n) is 2.09. The summed E-state index contributed by atoms with van der Waals surface area (Å²) in [6, 6.07) is 0.881. The van der Waals surface area contributed by atoms with Gasteiger partial charge in [0.25, 0.3) is 0 Å². The Hall–Kier alpha value is -0.123. The Bertz CT molecular complexity index is 140. The maximum Gasteiger partial charge on any atom is 0.344 e. The fourth-order valence-corrected chi connectivity index (χ4v) is 4.26. The fraction of sp³-hybridized carbons (Fsp3) is 0.800. The second-order valence-electron chi connectivity index (χ2n) is 3.33. The molecule has 0 rings (SSSR count). The Labute approximate surface area is 83.2 Å². The highest BCUT2D eigenvalue weighted by Gasteiger charge is 2.39. The number of hydrogen-bond acceptors (Lipinski definition) is 2. The average Bonchev–Trinajstić information content (AvgIpc) is 2.05. The van der Waals surface area contributed by atoms with Gasteiger partial charge in [-0.25, -0.2) is 0 Å². The van der Waals surface area contributed by atoms with E-state index in [0.717, 1.165) is 19.3 Å². The predicted molar refractivity (Wildman–Crippen MR) is 59.1 cm³/mol. The molecule has 13 heavy (non-hydrogen) atoms. The van der Waals surface area contributed by atoms with E-state index in [1.165, 1.54) is 0 Å². The number of rotatable bonds is 7. The van der Waals surface area contributed by atoms with Gasteiger partial charge in [0.15, 0.2) is 0 Å². The second-order valence-corrected chi connectivity index (χ2v) is 7.09. The summed E-state index contributed by atoms with van der Waals surface area (Å²) in [7, 11) is -1.99. The highest BCUT2D eigenvalue weighted by atomic mass is 28.4. The molecule has 3 heteroatoms. The first-order chi connectivity index (χ1) is 6.13. The molecule has 0 N–H and O–H groups in total. The highest BCUT2D eigenvalue weighted by molar-refractivity contribution is 6.69. The van der Waals surface area contributed by atoms with Gasteiger partial charge in [-0.1, -0.05) is 19.9 Å². The van der Waals surface area contributed by atoms with Crippen molar-refractivity contribution >= 4 is 8.56 Å². The molecule has 0 aliphatic rings. The zero-order valence-electron chi connectivity index (χ0n) is 9.30. The molecule has 0 saturated heterocycles. The average molecular weight is 202 g/mol. The van der Waals surface area contributed by atoms with Crippen LogP contribution in [0.15, 0.2) is 12.7 Å². The Morgan fingerprint density at radius 1 is 1.23 bits per heavy atom. The van der Waals surface area contributed by atoms with Gasteiger partial charge in [0.1, 0.15) is 0 Å². The van der Waals surface area contributed by atoms with Crippen LogP contribution in [-0.2, 0) is 8.85 Å². The molecule has 0 radical (unpaired) electrons. The van der Waals surface area contributed by atoms with Crippen molar-refractivity contribution in [1.82, 2.24) is 0 Å². The minimum atomic E-state index is -1.99. The van der Waals surface area contributed by atoms with Gasteiger partial charge in [0.2, 0.25) is 0 Å². The molecule has 0 aromatic carbocycles. The quantitative estimate of drug-likeness (QED) is 0.466. The summed E-state index contributed by atoms with van der Waals surface area (Å²) in [5.74, 6) is 0. The van der Waals surface area contributed by atoms with E-state index in [2.05, 4.69) is 20.4 Å². The first-order valence-electron chi connectivity index (χ1n) is 5.01. The third-order valence-corrected chi connectivity index (χ3v) is 6.26. The smallest absolute Gasteiger partial charge is 0.344 e. The Morgan fingerprint density at radius 2 is 1.69 bits per heavy atom. The maximum atomic E-state index is 5.82. The van der Waals surface area contributed by atoms with Gasteiger partial charge < -0.3 is 8.85 Å². The van der Waals surface area contributed by atoms with Crippen LogP contribution in [0, 0.1) is 0 Å². The predicted octanol–water partition coefficient (Wildman–Crippen LogP) is 3.10. The van der Waals surface area contributed by atoms with E-state index < -0.39 is 8.56 Å². The Balaban J connectivity index is 4.47. The molecule has 78 valence electrons. The molecule has 0 fully saturated rings. The molecule has 2 nitrogen and oxygen atoms in total. The van der Waals surface area contributed by atoms with Crippen LogP contribution in [0.3, 0.4) is 0 Å². The number of allylic oxidation sites excluding steroid dienone is 1. The first-order valence-corrected chi connectivity index (χ1v) is 7.11. The van der Waals surface area contributed by atoms with Gasteiger partial charge in [0, 0.05) is 19.3 Å². The monoisotopic (exact) mass is 202 g/mol. The van der Waals surface area contributed by atoms with Crippen LogP contribution in [0.5, 0.6) is 0 Å². The van der Waals surface area contributed by atoms with Gasteiger partial charge in [-0.05, 0) is 19.4 Å². The van der Waals surface area contributed by atoms with Crippen molar-refractivity contribution < 1.29 is 8.85 Å². The third kappa shape index (κ3) is 3.63. The van der Waals surface area contributed by atoms with Crippen LogP contribution in [-0.4, -0.2) is 21.8 Å². The lowest BCUT2D eigenvalue weighted by Gasteiger charge is -2.32. The lowest BCUT2D eigenvalue weighted by Crippen LogP contribution is -2.44. The van der Waals surface area contributed by atoms with Crippen LogP contribution in [0.2, 0.25) is 11.6 Å². The van der Waals surface area contributed by atoms with Gasteiger partial charge in [-0.15, -0.1) is 6.58 Å². The number of hydrogen-bond donors (Lipinski definition) is 0. The van der Waals surface area contributed by atoms with Gasteiger partial charge >= 0.3 is 8.56 Å². The van der Waals surface area contributed by atoms with E-state index in [4.69, 9.17) is 8.85 Å². The van der Waals surface area contributed by atoms with Gasteiger partial charge in [0.05, 0.1) is 0 Å². The molecular weight excluding hydrogens is 180 g/mol. The maximum absolute atomic E-state index is 5.82. The molecule has 0 aliphatic carbocycles. The van der Waals surface area contributed by atoms with Crippen molar-refractivity contribution in [2.75, 3.05) is 13.2 Å². The fourth-order valence-electron chi connectivity index (χ4n) is 1.42.